The van der Waals surface area contributed by atoms with Crippen LogP contribution >= 0.6 is 11.3 Å². The molecule has 2 heterocycles. The maximum absolute atomic E-state index is 12.6. The molecule has 1 aliphatic rings. The van der Waals surface area contributed by atoms with E-state index in [1.165, 1.54) is 37.2 Å². The highest BCUT2D eigenvalue weighted by molar-refractivity contribution is 7.14. The minimum Gasteiger partial charge on any atom is -0.495 e. The van der Waals surface area contributed by atoms with E-state index in [9.17, 15) is 19.2 Å². The number of hydrogen-bond acceptors (Lipinski definition) is 8. The van der Waals surface area contributed by atoms with Crippen LogP contribution in [0.25, 0.3) is 0 Å². The van der Waals surface area contributed by atoms with Gasteiger partial charge in [-0.05, 0) is 31.2 Å². The number of anilines is 2. The number of esters is 1. The van der Waals surface area contributed by atoms with E-state index in [4.69, 9.17) is 9.47 Å². The monoisotopic (exact) mass is 479 g/mol. The molecule has 9 nitrogen and oxygen atoms in total. The lowest BCUT2D eigenvalue weighted by atomic mass is 10.1. The van der Waals surface area contributed by atoms with Crippen molar-refractivity contribution in [3.63, 3.8) is 0 Å². The molecule has 4 rings (SSSR count). The van der Waals surface area contributed by atoms with E-state index in [1.54, 1.807) is 53.9 Å². The Labute approximate surface area is 199 Å². The Morgan fingerprint density at radius 2 is 1.68 bits per heavy atom. The van der Waals surface area contributed by atoms with E-state index in [1.807, 2.05) is 0 Å². The quantitative estimate of drug-likeness (QED) is 0.377. The van der Waals surface area contributed by atoms with E-state index in [0.29, 0.717) is 22.3 Å². The van der Waals surface area contributed by atoms with Crippen LogP contribution in [0.1, 0.15) is 40.3 Å². The number of nitrogens with zero attached hydrogens (tertiary/aromatic N) is 3. The van der Waals surface area contributed by atoms with Crippen molar-refractivity contribution < 1.29 is 28.7 Å². The summed E-state index contributed by atoms with van der Waals surface area (Å²) in [7, 11) is 1.51. The molecule has 3 aromatic rings. The third-order valence-electron chi connectivity index (χ3n) is 5.29. The molecule has 174 valence electrons. The van der Waals surface area contributed by atoms with E-state index in [2.05, 4.69) is 4.98 Å². The van der Waals surface area contributed by atoms with Crippen LogP contribution in [0.2, 0.25) is 0 Å². The van der Waals surface area contributed by atoms with Gasteiger partial charge in [0, 0.05) is 12.3 Å². The summed E-state index contributed by atoms with van der Waals surface area (Å²) < 4.78 is 10.7. The van der Waals surface area contributed by atoms with Gasteiger partial charge in [-0.1, -0.05) is 24.3 Å². The summed E-state index contributed by atoms with van der Waals surface area (Å²) in [6.07, 6.45) is 0. The molecule has 0 N–H and O–H groups in total. The molecule has 2 aromatic carbocycles. The summed E-state index contributed by atoms with van der Waals surface area (Å²) in [5.41, 5.74) is 1.48. The first-order valence-corrected chi connectivity index (χ1v) is 11.2. The Morgan fingerprint density at radius 3 is 2.29 bits per heavy atom. The van der Waals surface area contributed by atoms with Gasteiger partial charge in [0.15, 0.2) is 5.13 Å². The Kier molecular flexibility index (Phi) is 6.42. The van der Waals surface area contributed by atoms with Crippen LogP contribution in [0.4, 0.5) is 10.8 Å². The number of aromatic nitrogens is 1. The topological polar surface area (TPSA) is 106 Å². The van der Waals surface area contributed by atoms with Gasteiger partial charge < -0.3 is 9.47 Å². The number of imide groups is 1. The molecular weight excluding hydrogens is 458 g/mol. The van der Waals surface area contributed by atoms with Crippen LogP contribution in [-0.4, -0.2) is 46.7 Å². The predicted octanol–water partition coefficient (Wildman–Crippen LogP) is 3.56. The van der Waals surface area contributed by atoms with Gasteiger partial charge in [-0.25, -0.2) is 9.78 Å². The SMILES string of the molecule is COc1ccccc1N(C(C)=O)c1nc(COC(=O)[C@@H](C)N2C(=O)c3ccccc3C2=O)cs1. The zero-order chi connectivity index (χ0) is 24.4. The number of thiazole rings is 1. The minimum atomic E-state index is -1.10. The van der Waals surface area contributed by atoms with Gasteiger partial charge in [0.25, 0.3) is 11.8 Å². The molecule has 0 unspecified atom stereocenters. The molecule has 0 radical (unpaired) electrons. The summed E-state index contributed by atoms with van der Waals surface area (Å²) in [6, 6.07) is 12.4. The fourth-order valence-corrected chi connectivity index (χ4v) is 4.48. The molecule has 34 heavy (non-hydrogen) atoms. The number of fused-ring (bicyclic) bond motifs is 1. The number of rotatable bonds is 7. The van der Waals surface area contributed by atoms with Crippen LogP contribution in [0.3, 0.4) is 0 Å². The normalized spacial score (nSPS) is 13.4. The molecular formula is C24H21N3O6S. The fraction of sp³-hybridized carbons (Fsp3) is 0.208. The lowest BCUT2D eigenvalue weighted by molar-refractivity contribution is -0.149. The van der Waals surface area contributed by atoms with E-state index < -0.39 is 23.8 Å². The van der Waals surface area contributed by atoms with Crippen molar-refractivity contribution >= 4 is 45.8 Å². The molecule has 1 atom stereocenters. The summed E-state index contributed by atoms with van der Waals surface area (Å²) in [6.45, 7) is 2.67. The number of benzene rings is 2. The number of amides is 3. The minimum absolute atomic E-state index is 0.180. The van der Waals surface area contributed by atoms with Crippen molar-refractivity contribution in [3.8, 4) is 5.75 Å². The van der Waals surface area contributed by atoms with Crippen molar-refractivity contribution in [1.29, 1.82) is 0 Å². The summed E-state index contributed by atoms with van der Waals surface area (Å²) >= 11 is 1.21. The van der Waals surface area contributed by atoms with Crippen LogP contribution in [0.15, 0.2) is 53.9 Å². The standard InChI is InChI=1S/C24H21N3O6S/c1-14(26-21(29)17-8-4-5-9-18(17)22(26)30)23(31)33-12-16-13-34-24(25-16)27(15(2)28)19-10-6-7-11-20(19)32-3/h4-11,13-14H,12H2,1-3H3/t14-/m1/s1. The van der Waals surface area contributed by atoms with Crippen molar-refractivity contribution in [2.75, 3.05) is 12.0 Å². The van der Waals surface area contributed by atoms with Crippen molar-refractivity contribution in [2.24, 2.45) is 0 Å². The number of carbonyl (C=O) groups excluding carboxylic acids is 4. The average Bonchev–Trinajstić information content (AvgIpc) is 3.40. The van der Waals surface area contributed by atoms with Gasteiger partial charge in [0.1, 0.15) is 18.4 Å². The average molecular weight is 480 g/mol. The summed E-state index contributed by atoms with van der Waals surface area (Å²) in [5.74, 6) is -1.56. The molecule has 1 aliphatic heterocycles. The molecule has 10 heteroatoms. The Balaban J connectivity index is 1.45. The first kappa shape index (κ1) is 23.1. The smallest absolute Gasteiger partial charge is 0.329 e. The molecule has 0 bridgehead atoms. The highest BCUT2D eigenvalue weighted by Crippen LogP contribution is 2.35. The second-order valence-corrected chi connectivity index (χ2v) is 8.29. The fourth-order valence-electron chi connectivity index (χ4n) is 3.62. The number of methoxy groups -OCH3 is 1. The van der Waals surface area contributed by atoms with Crippen molar-refractivity contribution in [1.82, 2.24) is 9.88 Å². The highest BCUT2D eigenvalue weighted by Gasteiger charge is 2.41. The largest absolute Gasteiger partial charge is 0.495 e. The third kappa shape index (κ3) is 4.15. The number of para-hydroxylation sites is 2. The first-order valence-electron chi connectivity index (χ1n) is 10.3. The predicted molar refractivity (Wildman–Crippen MR) is 124 cm³/mol. The molecule has 3 amide bonds. The third-order valence-corrected chi connectivity index (χ3v) is 6.16. The van der Waals surface area contributed by atoms with Gasteiger partial charge in [0.05, 0.1) is 29.6 Å². The van der Waals surface area contributed by atoms with E-state index >= 15 is 0 Å². The zero-order valence-electron chi connectivity index (χ0n) is 18.7. The van der Waals surface area contributed by atoms with Gasteiger partial charge in [-0.3, -0.25) is 24.2 Å². The van der Waals surface area contributed by atoms with Gasteiger partial charge in [0.2, 0.25) is 5.91 Å². The van der Waals surface area contributed by atoms with E-state index in [-0.39, 0.29) is 23.6 Å². The zero-order valence-corrected chi connectivity index (χ0v) is 19.5. The Hall–Kier alpha value is -4.05. The molecule has 0 saturated carbocycles. The Bertz CT molecular complexity index is 1250. The second-order valence-electron chi connectivity index (χ2n) is 7.46. The second kappa shape index (κ2) is 9.44. The molecule has 0 saturated heterocycles. The van der Waals surface area contributed by atoms with Crippen LogP contribution in [-0.2, 0) is 20.9 Å². The van der Waals surface area contributed by atoms with Gasteiger partial charge in [-0.2, -0.15) is 0 Å². The Morgan fingerprint density at radius 1 is 1.06 bits per heavy atom. The lowest BCUT2D eigenvalue weighted by Gasteiger charge is -2.21. The first-order chi connectivity index (χ1) is 16.3. The highest BCUT2D eigenvalue weighted by atomic mass is 32.1. The number of hydrogen-bond donors (Lipinski definition) is 0. The lowest BCUT2D eigenvalue weighted by Crippen LogP contribution is -2.43. The summed E-state index contributed by atoms with van der Waals surface area (Å²) in [4.78, 5) is 56.9. The molecule has 0 fully saturated rings. The molecule has 1 aromatic heterocycles. The van der Waals surface area contributed by atoms with Gasteiger partial charge in [-0.15, -0.1) is 11.3 Å². The maximum Gasteiger partial charge on any atom is 0.329 e. The number of carbonyl (C=O) groups is 4. The number of ether oxygens (including phenoxy) is 2. The van der Waals surface area contributed by atoms with Crippen LogP contribution in [0, 0.1) is 0 Å². The molecule has 0 spiro atoms. The van der Waals surface area contributed by atoms with Crippen LogP contribution in [0.5, 0.6) is 5.75 Å². The van der Waals surface area contributed by atoms with Gasteiger partial charge >= 0.3 is 5.97 Å². The van der Waals surface area contributed by atoms with Crippen molar-refractivity contribution in [2.45, 2.75) is 26.5 Å². The maximum atomic E-state index is 12.6. The van der Waals surface area contributed by atoms with E-state index in [0.717, 1.165) is 4.90 Å². The van der Waals surface area contributed by atoms with Crippen molar-refractivity contribution in [3.05, 3.63) is 70.7 Å². The van der Waals surface area contributed by atoms with Crippen LogP contribution < -0.4 is 9.64 Å². The summed E-state index contributed by atoms with van der Waals surface area (Å²) in [5, 5.41) is 2.05. The molecule has 0 aliphatic carbocycles.